The minimum atomic E-state index is -0.998. The molecule has 24 heavy (non-hydrogen) atoms. The highest BCUT2D eigenvalue weighted by Crippen LogP contribution is 2.12. The van der Waals surface area contributed by atoms with Crippen LogP contribution in [0.3, 0.4) is 0 Å². The molecule has 5 heteroatoms. The number of benzene rings is 2. The van der Waals surface area contributed by atoms with Gasteiger partial charge in [-0.05, 0) is 24.1 Å². The van der Waals surface area contributed by atoms with Crippen molar-refractivity contribution in [1.29, 1.82) is 0 Å². The molecule has 0 heterocycles. The van der Waals surface area contributed by atoms with Crippen molar-refractivity contribution in [3.05, 3.63) is 71.8 Å². The summed E-state index contributed by atoms with van der Waals surface area (Å²) in [4.78, 5) is 24.4. The van der Waals surface area contributed by atoms with Gasteiger partial charge < -0.3 is 15.2 Å². The zero-order chi connectivity index (χ0) is 17.2. The van der Waals surface area contributed by atoms with E-state index in [-0.39, 0.29) is 26.2 Å². The van der Waals surface area contributed by atoms with Gasteiger partial charge in [-0.25, -0.2) is 0 Å². The molecule has 0 fully saturated rings. The zero-order valence-electron chi connectivity index (χ0n) is 13.4. The van der Waals surface area contributed by atoms with E-state index in [1.807, 2.05) is 60.7 Å². The SMILES string of the molecule is NCCC(C(=O)OCc1ccccc1)C(=O)OCc1ccccc1. The molecule has 2 rings (SSSR count). The molecule has 0 spiro atoms. The summed E-state index contributed by atoms with van der Waals surface area (Å²) in [5.74, 6) is -2.22. The van der Waals surface area contributed by atoms with Gasteiger partial charge >= 0.3 is 11.9 Å². The summed E-state index contributed by atoms with van der Waals surface area (Å²) >= 11 is 0. The fourth-order valence-electron chi connectivity index (χ4n) is 2.16. The van der Waals surface area contributed by atoms with Crippen LogP contribution in [0.1, 0.15) is 17.5 Å². The van der Waals surface area contributed by atoms with Crippen molar-refractivity contribution in [2.75, 3.05) is 6.54 Å². The van der Waals surface area contributed by atoms with Crippen molar-refractivity contribution >= 4 is 11.9 Å². The average Bonchev–Trinajstić information content (AvgIpc) is 2.64. The largest absolute Gasteiger partial charge is 0.460 e. The molecule has 0 aliphatic heterocycles. The Bertz CT molecular complexity index is 587. The smallest absolute Gasteiger partial charge is 0.320 e. The van der Waals surface area contributed by atoms with Gasteiger partial charge in [-0.2, -0.15) is 0 Å². The van der Waals surface area contributed by atoms with Gasteiger partial charge in [0.15, 0.2) is 5.92 Å². The molecule has 0 unspecified atom stereocenters. The first-order valence-electron chi connectivity index (χ1n) is 7.82. The molecular weight excluding hydrogens is 306 g/mol. The second-order valence-corrected chi connectivity index (χ2v) is 5.32. The zero-order valence-corrected chi connectivity index (χ0v) is 13.4. The van der Waals surface area contributed by atoms with Crippen LogP contribution in [0.15, 0.2) is 60.7 Å². The fraction of sp³-hybridized carbons (Fsp3) is 0.263. The van der Waals surface area contributed by atoms with Crippen LogP contribution in [0.25, 0.3) is 0 Å². The summed E-state index contributed by atoms with van der Waals surface area (Å²) in [5.41, 5.74) is 7.22. The number of rotatable bonds is 8. The maximum Gasteiger partial charge on any atom is 0.320 e. The lowest BCUT2D eigenvalue weighted by Crippen LogP contribution is -2.30. The van der Waals surface area contributed by atoms with Crippen LogP contribution in [0.5, 0.6) is 0 Å². The normalized spacial score (nSPS) is 10.4. The van der Waals surface area contributed by atoms with E-state index >= 15 is 0 Å². The number of esters is 2. The molecule has 2 aromatic rings. The van der Waals surface area contributed by atoms with Gasteiger partial charge in [-0.3, -0.25) is 9.59 Å². The molecule has 0 saturated carbocycles. The standard InChI is InChI=1S/C19H21NO4/c20-12-11-17(18(21)23-13-15-7-3-1-4-8-15)19(22)24-14-16-9-5-2-6-10-16/h1-10,17H,11-14,20H2. The molecule has 5 nitrogen and oxygen atoms in total. The van der Waals surface area contributed by atoms with Gasteiger partial charge in [0.25, 0.3) is 0 Å². The monoisotopic (exact) mass is 327 g/mol. The highest BCUT2D eigenvalue weighted by molar-refractivity contribution is 5.94. The molecule has 0 aliphatic carbocycles. The van der Waals surface area contributed by atoms with Crippen molar-refractivity contribution in [1.82, 2.24) is 0 Å². The fourth-order valence-corrected chi connectivity index (χ4v) is 2.16. The Morgan fingerprint density at radius 2 is 1.21 bits per heavy atom. The van der Waals surface area contributed by atoms with Crippen molar-refractivity contribution < 1.29 is 19.1 Å². The Labute approximate surface area is 141 Å². The second kappa shape index (κ2) is 9.47. The number of nitrogens with two attached hydrogens (primary N) is 1. The summed E-state index contributed by atoms with van der Waals surface area (Å²) in [6.45, 7) is 0.435. The first kappa shape index (κ1) is 17.7. The minimum Gasteiger partial charge on any atom is -0.460 e. The summed E-state index contributed by atoms with van der Waals surface area (Å²) < 4.78 is 10.4. The van der Waals surface area contributed by atoms with E-state index in [0.29, 0.717) is 0 Å². The maximum atomic E-state index is 12.2. The van der Waals surface area contributed by atoms with Crippen molar-refractivity contribution in [3.63, 3.8) is 0 Å². The Morgan fingerprint density at radius 3 is 1.58 bits per heavy atom. The third kappa shape index (κ3) is 5.52. The Kier molecular flexibility index (Phi) is 6.98. The lowest BCUT2D eigenvalue weighted by atomic mass is 10.1. The van der Waals surface area contributed by atoms with E-state index < -0.39 is 17.9 Å². The predicted octanol–water partition coefficient (Wildman–Crippen LogP) is 2.44. The average molecular weight is 327 g/mol. The van der Waals surface area contributed by atoms with E-state index in [4.69, 9.17) is 15.2 Å². The van der Waals surface area contributed by atoms with E-state index in [2.05, 4.69) is 0 Å². The molecule has 126 valence electrons. The van der Waals surface area contributed by atoms with Crippen molar-refractivity contribution in [2.24, 2.45) is 11.7 Å². The Morgan fingerprint density at radius 1 is 0.792 bits per heavy atom. The minimum absolute atomic E-state index is 0.118. The van der Waals surface area contributed by atoms with Gasteiger partial charge in [-0.15, -0.1) is 0 Å². The lowest BCUT2D eigenvalue weighted by molar-refractivity contribution is -0.164. The summed E-state index contributed by atoms with van der Waals surface area (Å²) in [7, 11) is 0. The van der Waals surface area contributed by atoms with E-state index in [1.54, 1.807) is 0 Å². The predicted molar refractivity (Wildman–Crippen MR) is 89.6 cm³/mol. The molecule has 0 aromatic heterocycles. The number of carbonyl (C=O) groups excluding carboxylic acids is 2. The van der Waals surface area contributed by atoms with E-state index in [9.17, 15) is 9.59 Å². The molecule has 0 aliphatic rings. The van der Waals surface area contributed by atoms with Crippen LogP contribution in [-0.4, -0.2) is 18.5 Å². The molecule has 0 amide bonds. The first-order chi connectivity index (χ1) is 11.7. The van der Waals surface area contributed by atoms with Gasteiger partial charge in [0.2, 0.25) is 0 Å². The first-order valence-corrected chi connectivity index (χ1v) is 7.82. The van der Waals surface area contributed by atoms with Gasteiger partial charge in [-0.1, -0.05) is 60.7 Å². The molecule has 0 saturated heterocycles. The molecule has 2 N–H and O–H groups in total. The van der Waals surface area contributed by atoms with Crippen LogP contribution in [0, 0.1) is 5.92 Å². The van der Waals surface area contributed by atoms with E-state index in [0.717, 1.165) is 11.1 Å². The number of carbonyl (C=O) groups is 2. The quantitative estimate of drug-likeness (QED) is 0.595. The van der Waals surface area contributed by atoms with Crippen LogP contribution in [0.4, 0.5) is 0 Å². The lowest BCUT2D eigenvalue weighted by Gasteiger charge is -2.15. The van der Waals surface area contributed by atoms with Crippen LogP contribution < -0.4 is 5.73 Å². The molecular formula is C19H21NO4. The van der Waals surface area contributed by atoms with Crippen molar-refractivity contribution in [3.8, 4) is 0 Å². The Hall–Kier alpha value is -2.66. The number of hydrogen-bond acceptors (Lipinski definition) is 5. The van der Waals surface area contributed by atoms with Gasteiger partial charge in [0, 0.05) is 0 Å². The summed E-state index contributed by atoms with van der Waals surface area (Å²) in [6, 6.07) is 18.6. The molecule has 0 bridgehead atoms. The van der Waals surface area contributed by atoms with Crippen LogP contribution in [-0.2, 0) is 32.3 Å². The van der Waals surface area contributed by atoms with Gasteiger partial charge in [0.1, 0.15) is 13.2 Å². The second-order valence-electron chi connectivity index (χ2n) is 5.32. The third-order valence-electron chi connectivity index (χ3n) is 3.47. The van der Waals surface area contributed by atoms with Crippen molar-refractivity contribution in [2.45, 2.75) is 19.6 Å². The highest BCUT2D eigenvalue weighted by atomic mass is 16.6. The maximum absolute atomic E-state index is 12.2. The highest BCUT2D eigenvalue weighted by Gasteiger charge is 2.29. The molecule has 0 atom stereocenters. The van der Waals surface area contributed by atoms with Gasteiger partial charge in [0.05, 0.1) is 0 Å². The number of ether oxygens (including phenoxy) is 2. The molecule has 2 aromatic carbocycles. The summed E-state index contributed by atoms with van der Waals surface area (Å²) in [6.07, 6.45) is 0.196. The molecule has 0 radical (unpaired) electrons. The van der Waals surface area contributed by atoms with Crippen LogP contribution in [0.2, 0.25) is 0 Å². The Balaban J connectivity index is 1.89. The third-order valence-corrected chi connectivity index (χ3v) is 3.47. The topological polar surface area (TPSA) is 78.6 Å². The summed E-state index contributed by atoms with van der Waals surface area (Å²) in [5, 5.41) is 0. The van der Waals surface area contributed by atoms with E-state index in [1.165, 1.54) is 0 Å². The number of hydrogen-bond donors (Lipinski definition) is 1. The van der Waals surface area contributed by atoms with Crippen LogP contribution >= 0.6 is 0 Å².